The molecule has 1 saturated heterocycles. The Bertz CT molecular complexity index is 757. The van der Waals surface area contributed by atoms with Crippen LogP contribution in [0.25, 0.3) is 0 Å². The summed E-state index contributed by atoms with van der Waals surface area (Å²) in [5.41, 5.74) is 2.03. The van der Waals surface area contributed by atoms with Crippen molar-refractivity contribution in [3.63, 3.8) is 0 Å². The topological polar surface area (TPSA) is 78.1 Å². The molecule has 0 saturated carbocycles. The van der Waals surface area contributed by atoms with E-state index in [0.29, 0.717) is 11.3 Å². The summed E-state index contributed by atoms with van der Waals surface area (Å²) in [6.45, 7) is 4.44. The molecular formula is C18H22N4O2. The molecule has 1 amide bonds. The lowest BCUT2D eigenvalue weighted by Gasteiger charge is -2.33. The summed E-state index contributed by atoms with van der Waals surface area (Å²) < 4.78 is 0. The molecule has 2 N–H and O–H groups in total. The summed E-state index contributed by atoms with van der Waals surface area (Å²) in [6, 6.07) is 7.15. The summed E-state index contributed by atoms with van der Waals surface area (Å²) in [5.74, 6) is -0.183. The van der Waals surface area contributed by atoms with Crippen molar-refractivity contribution in [2.45, 2.75) is 32.4 Å². The average Bonchev–Trinajstić information content (AvgIpc) is 2.55. The predicted molar refractivity (Wildman–Crippen MR) is 91.8 cm³/mol. The van der Waals surface area contributed by atoms with E-state index in [2.05, 4.69) is 26.3 Å². The number of carbonyl (C=O) groups is 1. The van der Waals surface area contributed by atoms with Gasteiger partial charge in [-0.05, 0) is 44.0 Å². The van der Waals surface area contributed by atoms with Crippen molar-refractivity contribution < 1.29 is 4.79 Å². The Morgan fingerprint density at radius 2 is 2.33 bits per heavy atom. The number of nitrogens with zero attached hydrogens (tertiary/aromatic N) is 2. The predicted octanol–water partition coefficient (Wildman–Crippen LogP) is 1.47. The Kier molecular flexibility index (Phi) is 5.05. The molecule has 1 atom stereocenters. The minimum atomic E-state index is -0.248. The lowest BCUT2D eigenvalue weighted by molar-refractivity contribution is 0.0900. The van der Waals surface area contributed by atoms with E-state index in [0.717, 1.165) is 32.5 Å². The number of hydrogen-bond donors (Lipinski definition) is 2. The molecule has 2 aromatic heterocycles. The molecule has 1 unspecified atom stereocenters. The Hall–Kier alpha value is -2.47. The molecule has 0 radical (unpaired) electrons. The van der Waals surface area contributed by atoms with E-state index in [1.165, 1.54) is 11.6 Å². The monoisotopic (exact) mass is 326 g/mol. The van der Waals surface area contributed by atoms with Crippen molar-refractivity contribution in [1.29, 1.82) is 0 Å². The van der Waals surface area contributed by atoms with E-state index in [1.807, 2.05) is 12.3 Å². The third-order valence-electron chi connectivity index (χ3n) is 4.21. The Morgan fingerprint density at radius 3 is 3.08 bits per heavy atom. The lowest BCUT2D eigenvalue weighted by atomic mass is 10.0. The van der Waals surface area contributed by atoms with Gasteiger partial charge in [0.1, 0.15) is 0 Å². The van der Waals surface area contributed by atoms with E-state index in [1.54, 1.807) is 19.2 Å². The third-order valence-corrected chi connectivity index (χ3v) is 4.21. The maximum atomic E-state index is 12.4. The summed E-state index contributed by atoms with van der Waals surface area (Å²) in [5, 5.41) is 3.06. The van der Waals surface area contributed by atoms with Crippen molar-refractivity contribution >= 4 is 5.91 Å². The number of H-pyrrole nitrogens is 1. The Balaban J connectivity index is 1.60. The van der Waals surface area contributed by atoms with Crippen LogP contribution in [0.4, 0.5) is 0 Å². The zero-order valence-electron chi connectivity index (χ0n) is 13.8. The molecule has 1 aliphatic heterocycles. The van der Waals surface area contributed by atoms with Crippen molar-refractivity contribution in [2.75, 3.05) is 13.1 Å². The number of likely N-dealkylation sites (tertiary alicyclic amines) is 1. The van der Waals surface area contributed by atoms with E-state index >= 15 is 0 Å². The SMILES string of the molecule is Cc1cc(C(=O)NC2CCCN(Cc3cccnc3)C2)cc(=O)[nH]1. The number of aromatic nitrogens is 2. The van der Waals surface area contributed by atoms with Crippen LogP contribution in [0.15, 0.2) is 41.5 Å². The van der Waals surface area contributed by atoms with E-state index in [9.17, 15) is 9.59 Å². The van der Waals surface area contributed by atoms with Crippen molar-refractivity contribution in [3.8, 4) is 0 Å². The van der Waals surface area contributed by atoms with Crippen LogP contribution in [-0.2, 0) is 6.54 Å². The highest BCUT2D eigenvalue weighted by Crippen LogP contribution is 2.14. The van der Waals surface area contributed by atoms with E-state index in [4.69, 9.17) is 0 Å². The maximum Gasteiger partial charge on any atom is 0.251 e. The molecule has 0 bridgehead atoms. The van der Waals surface area contributed by atoms with Gasteiger partial charge in [-0.2, -0.15) is 0 Å². The first-order valence-corrected chi connectivity index (χ1v) is 8.23. The molecule has 6 nitrogen and oxygen atoms in total. The molecule has 126 valence electrons. The van der Waals surface area contributed by atoms with Gasteiger partial charge in [0, 0.05) is 48.8 Å². The van der Waals surface area contributed by atoms with Crippen LogP contribution in [-0.4, -0.2) is 39.9 Å². The second kappa shape index (κ2) is 7.40. The molecule has 3 rings (SSSR count). The first-order valence-electron chi connectivity index (χ1n) is 8.23. The van der Waals surface area contributed by atoms with Crippen molar-refractivity contribution in [2.24, 2.45) is 0 Å². The molecule has 6 heteroatoms. The Morgan fingerprint density at radius 1 is 1.46 bits per heavy atom. The summed E-state index contributed by atoms with van der Waals surface area (Å²) >= 11 is 0. The Labute approximate surface area is 140 Å². The van der Waals surface area contributed by atoms with Gasteiger partial charge in [0.15, 0.2) is 0 Å². The number of pyridine rings is 2. The highest BCUT2D eigenvalue weighted by molar-refractivity contribution is 5.94. The second-order valence-corrected chi connectivity index (χ2v) is 6.33. The fourth-order valence-corrected chi connectivity index (χ4v) is 3.15. The van der Waals surface area contributed by atoms with E-state index < -0.39 is 0 Å². The van der Waals surface area contributed by atoms with Gasteiger partial charge in [0.25, 0.3) is 5.91 Å². The number of aromatic amines is 1. The van der Waals surface area contributed by atoms with Crippen molar-refractivity contribution in [1.82, 2.24) is 20.2 Å². The van der Waals surface area contributed by atoms with Gasteiger partial charge in [-0.3, -0.25) is 19.5 Å². The maximum absolute atomic E-state index is 12.4. The fourth-order valence-electron chi connectivity index (χ4n) is 3.15. The van der Waals surface area contributed by atoms with Gasteiger partial charge >= 0.3 is 0 Å². The highest BCUT2D eigenvalue weighted by atomic mass is 16.2. The fraction of sp³-hybridized carbons (Fsp3) is 0.389. The van der Waals surface area contributed by atoms with Gasteiger partial charge < -0.3 is 10.3 Å². The third kappa shape index (κ3) is 4.29. The van der Waals surface area contributed by atoms with Gasteiger partial charge in [-0.25, -0.2) is 0 Å². The van der Waals surface area contributed by atoms with Crippen LogP contribution in [0, 0.1) is 6.92 Å². The minimum absolute atomic E-state index is 0.0996. The van der Waals surface area contributed by atoms with Gasteiger partial charge in [0.2, 0.25) is 5.56 Å². The lowest BCUT2D eigenvalue weighted by Crippen LogP contribution is -2.47. The zero-order valence-corrected chi connectivity index (χ0v) is 13.8. The standard InChI is InChI=1S/C18H22N4O2/c1-13-8-15(9-17(23)20-13)18(24)21-16-5-3-7-22(12-16)11-14-4-2-6-19-10-14/h2,4,6,8-10,16H,3,5,7,11-12H2,1H3,(H,20,23)(H,21,24). The van der Waals surface area contributed by atoms with Crippen molar-refractivity contribution in [3.05, 3.63) is 63.8 Å². The average molecular weight is 326 g/mol. The highest BCUT2D eigenvalue weighted by Gasteiger charge is 2.22. The summed E-state index contributed by atoms with van der Waals surface area (Å²) in [4.78, 5) is 33.0. The van der Waals surface area contributed by atoms with E-state index in [-0.39, 0.29) is 17.5 Å². The number of aryl methyl sites for hydroxylation is 1. The molecular weight excluding hydrogens is 304 g/mol. The molecule has 0 aromatic carbocycles. The largest absolute Gasteiger partial charge is 0.348 e. The molecule has 2 aromatic rings. The van der Waals surface area contributed by atoms with Crippen LogP contribution in [0.1, 0.15) is 34.5 Å². The first kappa shape index (κ1) is 16.4. The molecule has 24 heavy (non-hydrogen) atoms. The summed E-state index contributed by atoms with van der Waals surface area (Å²) in [7, 11) is 0. The van der Waals surface area contributed by atoms with Crippen LogP contribution >= 0.6 is 0 Å². The molecule has 0 aliphatic carbocycles. The number of rotatable bonds is 4. The van der Waals surface area contributed by atoms with Gasteiger partial charge in [-0.1, -0.05) is 6.07 Å². The number of amides is 1. The molecule has 1 aliphatic rings. The van der Waals surface area contributed by atoms with Crippen LogP contribution in [0.2, 0.25) is 0 Å². The van der Waals surface area contributed by atoms with Gasteiger partial charge in [0.05, 0.1) is 0 Å². The number of carbonyl (C=O) groups excluding carboxylic acids is 1. The van der Waals surface area contributed by atoms with Gasteiger partial charge in [-0.15, -0.1) is 0 Å². The minimum Gasteiger partial charge on any atom is -0.348 e. The quantitative estimate of drug-likeness (QED) is 0.892. The number of hydrogen-bond acceptors (Lipinski definition) is 4. The second-order valence-electron chi connectivity index (χ2n) is 6.33. The van der Waals surface area contributed by atoms with Crippen LogP contribution < -0.4 is 10.9 Å². The van der Waals surface area contributed by atoms with Crippen LogP contribution in [0.5, 0.6) is 0 Å². The molecule has 3 heterocycles. The first-order chi connectivity index (χ1) is 11.6. The number of nitrogens with one attached hydrogen (secondary N) is 2. The molecule has 1 fully saturated rings. The molecule has 0 spiro atoms. The zero-order chi connectivity index (χ0) is 16.9. The smallest absolute Gasteiger partial charge is 0.251 e. The normalized spacial score (nSPS) is 18.3. The summed E-state index contributed by atoms with van der Waals surface area (Å²) in [6.07, 6.45) is 5.64. The van der Waals surface area contributed by atoms with Crippen LogP contribution in [0.3, 0.4) is 0 Å². The number of piperidine rings is 1.